The Labute approximate surface area is 101 Å². The van der Waals surface area contributed by atoms with Crippen molar-refractivity contribution in [2.75, 3.05) is 18.0 Å². The lowest BCUT2D eigenvalue weighted by Gasteiger charge is -2.22. The fraction of sp³-hybridized carbons (Fsp3) is 0.538. The van der Waals surface area contributed by atoms with Crippen molar-refractivity contribution in [1.29, 1.82) is 0 Å². The molecule has 0 aromatic heterocycles. The Kier molecular flexibility index (Phi) is 3.70. The quantitative estimate of drug-likeness (QED) is 0.728. The molecule has 3 heteroatoms. The van der Waals surface area contributed by atoms with E-state index >= 15 is 0 Å². The van der Waals surface area contributed by atoms with E-state index < -0.39 is 0 Å². The summed E-state index contributed by atoms with van der Waals surface area (Å²) in [4.78, 5) is 2.14. The van der Waals surface area contributed by atoms with Crippen LogP contribution in [0.25, 0.3) is 0 Å². The Morgan fingerprint density at radius 3 is 2.94 bits per heavy atom. The fourth-order valence-corrected chi connectivity index (χ4v) is 2.61. The van der Waals surface area contributed by atoms with E-state index in [0.29, 0.717) is 17.5 Å². The third-order valence-corrected chi connectivity index (χ3v) is 3.68. The van der Waals surface area contributed by atoms with Gasteiger partial charge in [-0.3, -0.25) is 0 Å². The van der Waals surface area contributed by atoms with E-state index in [-0.39, 0.29) is 5.82 Å². The number of hydrogen-bond donors (Lipinski definition) is 0. The number of para-hydroxylation sites is 1. The molecule has 1 heterocycles. The van der Waals surface area contributed by atoms with Gasteiger partial charge in [0, 0.05) is 19.0 Å². The number of halogens is 2. The molecule has 0 spiro atoms. The Bertz CT molecular complexity index is 367. The zero-order chi connectivity index (χ0) is 11.5. The molecule has 1 fully saturated rings. The summed E-state index contributed by atoms with van der Waals surface area (Å²) in [7, 11) is 0. The number of hydrogen-bond acceptors (Lipinski definition) is 1. The predicted octanol–water partition coefficient (Wildman–Crippen LogP) is 3.80. The first kappa shape index (κ1) is 11.7. The number of benzene rings is 1. The molecule has 1 nitrogen and oxygen atoms in total. The Hall–Kier alpha value is -0.760. The number of alkyl halides is 1. The van der Waals surface area contributed by atoms with Crippen LogP contribution in [0.2, 0.25) is 0 Å². The van der Waals surface area contributed by atoms with Crippen molar-refractivity contribution in [3.63, 3.8) is 0 Å². The zero-order valence-corrected chi connectivity index (χ0v) is 10.3. The SMILES string of the molecule is CCC1CCN(c2c(F)cccc2CCl)C1. The number of nitrogens with zero attached hydrogens (tertiary/aromatic N) is 1. The Morgan fingerprint density at radius 2 is 2.31 bits per heavy atom. The molecule has 1 unspecified atom stereocenters. The monoisotopic (exact) mass is 241 g/mol. The lowest BCUT2D eigenvalue weighted by Crippen LogP contribution is -2.22. The molecule has 0 saturated carbocycles. The minimum atomic E-state index is -0.144. The maximum atomic E-state index is 13.8. The molecule has 1 aliphatic rings. The highest BCUT2D eigenvalue weighted by molar-refractivity contribution is 6.17. The molecule has 0 amide bonds. The van der Waals surface area contributed by atoms with Gasteiger partial charge in [-0.2, -0.15) is 0 Å². The van der Waals surface area contributed by atoms with Crippen LogP contribution >= 0.6 is 11.6 Å². The van der Waals surface area contributed by atoms with Crippen molar-refractivity contribution in [2.24, 2.45) is 5.92 Å². The van der Waals surface area contributed by atoms with Crippen molar-refractivity contribution in [3.8, 4) is 0 Å². The van der Waals surface area contributed by atoms with Crippen LogP contribution in [0.4, 0.5) is 10.1 Å². The Balaban J connectivity index is 2.26. The van der Waals surface area contributed by atoms with Crippen molar-refractivity contribution < 1.29 is 4.39 Å². The van der Waals surface area contributed by atoms with Crippen LogP contribution in [-0.2, 0) is 5.88 Å². The van der Waals surface area contributed by atoms with Gasteiger partial charge in [-0.15, -0.1) is 11.6 Å². The highest BCUT2D eigenvalue weighted by Crippen LogP contribution is 2.31. The fourth-order valence-electron chi connectivity index (χ4n) is 2.39. The molecule has 1 saturated heterocycles. The summed E-state index contributed by atoms with van der Waals surface area (Å²) in [6, 6.07) is 5.15. The summed E-state index contributed by atoms with van der Waals surface area (Å²) < 4.78 is 13.8. The van der Waals surface area contributed by atoms with Crippen LogP contribution in [0.5, 0.6) is 0 Å². The molecule has 88 valence electrons. The van der Waals surface area contributed by atoms with E-state index in [0.717, 1.165) is 25.1 Å². The van der Waals surface area contributed by atoms with Gasteiger partial charge in [0.15, 0.2) is 0 Å². The summed E-state index contributed by atoms with van der Waals surface area (Å²) in [6.07, 6.45) is 2.33. The van der Waals surface area contributed by atoms with E-state index in [1.54, 1.807) is 6.07 Å². The van der Waals surface area contributed by atoms with E-state index in [9.17, 15) is 4.39 Å². The molecule has 16 heavy (non-hydrogen) atoms. The minimum Gasteiger partial charge on any atom is -0.369 e. The molecule has 0 N–H and O–H groups in total. The largest absolute Gasteiger partial charge is 0.369 e. The van der Waals surface area contributed by atoms with E-state index in [4.69, 9.17) is 11.6 Å². The van der Waals surface area contributed by atoms with Gasteiger partial charge in [0.05, 0.1) is 5.69 Å². The topological polar surface area (TPSA) is 3.24 Å². The maximum absolute atomic E-state index is 13.8. The van der Waals surface area contributed by atoms with Gasteiger partial charge in [0.25, 0.3) is 0 Å². The van der Waals surface area contributed by atoms with Crippen LogP contribution in [0, 0.1) is 11.7 Å². The van der Waals surface area contributed by atoms with Crippen molar-refractivity contribution in [2.45, 2.75) is 25.6 Å². The first-order valence-corrected chi connectivity index (χ1v) is 6.38. The van der Waals surface area contributed by atoms with Crippen LogP contribution in [0.15, 0.2) is 18.2 Å². The summed E-state index contributed by atoms with van der Waals surface area (Å²) >= 11 is 5.86. The number of rotatable bonds is 3. The molecular formula is C13H17ClFN. The molecule has 1 atom stereocenters. The van der Waals surface area contributed by atoms with Gasteiger partial charge in [-0.05, 0) is 24.0 Å². The van der Waals surface area contributed by atoms with Crippen LogP contribution in [0.1, 0.15) is 25.3 Å². The van der Waals surface area contributed by atoms with E-state index in [1.165, 1.54) is 12.5 Å². The molecule has 2 rings (SSSR count). The summed E-state index contributed by atoms with van der Waals surface area (Å²) in [5.74, 6) is 0.929. The number of anilines is 1. The molecule has 0 aliphatic carbocycles. The third-order valence-electron chi connectivity index (χ3n) is 3.39. The van der Waals surface area contributed by atoms with Crippen LogP contribution in [-0.4, -0.2) is 13.1 Å². The second-order valence-electron chi connectivity index (χ2n) is 4.39. The lowest BCUT2D eigenvalue weighted by molar-refractivity contribution is 0.566. The predicted molar refractivity (Wildman–Crippen MR) is 66.6 cm³/mol. The van der Waals surface area contributed by atoms with Gasteiger partial charge in [0.1, 0.15) is 5.82 Å². The van der Waals surface area contributed by atoms with E-state index in [2.05, 4.69) is 11.8 Å². The smallest absolute Gasteiger partial charge is 0.146 e. The van der Waals surface area contributed by atoms with Crippen molar-refractivity contribution in [1.82, 2.24) is 0 Å². The van der Waals surface area contributed by atoms with Crippen LogP contribution < -0.4 is 4.90 Å². The normalized spacial score (nSPS) is 20.4. The standard InChI is InChI=1S/C13H17ClFN/c1-2-10-6-7-16(9-10)13-11(8-14)4-3-5-12(13)15/h3-5,10H,2,6-9H2,1H3. The summed E-state index contributed by atoms with van der Waals surface area (Å²) in [5, 5.41) is 0. The minimum absolute atomic E-state index is 0.144. The van der Waals surface area contributed by atoms with Gasteiger partial charge < -0.3 is 4.90 Å². The molecule has 0 radical (unpaired) electrons. The molecule has 1 aromatic rings. The molecular weight excluding hydrogens is 225 g/mol. The second-order valence-corrected chi connectivity index (χ2v) is 4.66. The average molecular weight is 242 g/mol. The maximum Gasteiger partial charge on any atom is 0.146 e. The zero-order valence-electron chi connectivity index (χ0n) is 9.55. The summed E-state index contributed by atoms with van der Waals surface area (Å²) in [6.45, 7) is 4.10. The molecule has 1 aliphatic heterocycles. The Morgan fingerprint density at radius 1 is 1.50 bits per heavy atom. The average Bonchev–Trinajstić information content (AvgIpc) is 2.76. The van der Waals surface area contributed by atoms with Gasteiger partial charge >= 0.3 is 0 Å². The van der Waals surface area contributed by atoms with Crippen molar-refractivity contribution >= 4 is 17.3 Å². The second kappa shape index (κ2) is 5.05. The first-order chi connectivity index (χ1) is 7.76. The highest BCUT2D eigenvalue weighted by atomic mass is 35.5. The van der Waals surface area contributed by atoms with Gasteiger partial charge in [-0.25, -0.2) is 4.39 Å². The molecule has 1 aromatic carbocycles. The first-order valence-electron chi connectivity index (χ1n) is 5.84. The van der Waals surface area contributed by atoms with Crippen LogP contribution in [0.3, 0.4) is 0 Å². The van der Waals surface area contributed by atoms with Gasteiger partial charge in [-0.1, -0.05) is 25.5 Å². The lowest BCUT2D eigenvalue weighted by atomic mass is 10.1. The summed E-state index contributed by atoms with van der Waals surface area (Å²) in [5.41, 5.74) is 1.62. The molecule has 0 bridgehead atoms. The van der Waals surface area contributed by atoms with E-state index in [1.807, 2.05) is 6.07 Å². The van der Waals surface area contributed by atoms with Gasteiger partial charge in [0.2, 0.25) is 0 Å². The third kappa shape index (κ3) is 2.17. The highest BCUT2D eigenvalue weighted by Gasteiger charge is 2.24. The van der Waals surface area contributed by atoms with Crippen molar-refractivity contribution in [3.05, 3.63) is 29.6 Å².